The second kappa shape index (κ2) is 15.2. The molecule has 0 heterocycles. The Balaban J connectivity index is 1.05. The molecular formula is C54H46N2. The number of allylic oxidation sites excluding steroid dienone is 15. The molecule has 9 rings (SSSR count). The highest BCUT2D eigenvalue weighted by molar-refractivity contribution is 5.84. The largest absolute Gasteiger partial charge is 0.317 e. The maximum atomic E-state index is 2.44. The molecule has 2 nitrogen and oxygen atoms in total. The summed E-state index contributed by atoms with van der Waals surface area (Å²) in [4.78, 5) is 4.83. The summed E-state index contributed by atoms with van der Waals surface area (Å²) in [5.41, 5.74) is 17.5. The summed E-state index contributed by atoms with van der Waals surface area (Å²) < 4.78 is 0. The van der Waals surface area contributed by atoms with Crippen molar-refractivity contribution in [3.63, 3.8) is 0 Å². The molecule has 0 aromatic heterocycles. The van der Waals surface area contributed by atoms with Gasteiger partial charge in [-0.15, -0.1) is 0 Å². The summed E-state index contributed by atoms with van der Waals surface area (Å²) in [6.45, 7) is 4.70. The van der Waals surface area contributed by atoms with Crippen LogP contribution in [0.1, 0.15) is 49.8 Å². The van der Waals surface area contributed by atoms with Gasteiger partial charge < -0.3 is 9.80 Å². The van der Waals surface area contributed by atoms with Gasteiger partial charge in [0.25, 0.3) is 0 Å². The van der Waals surface area contributed by atoms with Gasteiger partial charge in [-0.1, -0.05) is 160 Å². The van der Waals surface area contributed by atoms with E-state index in [1.807, 2.05) is 0 Å². The van der Waals surface area contributed by atoms with E-state index in [2.05, 4.69) is 230 Å². The first-order chi connectivity index (χ1) is 27.5. The van der Waals surface area contributed by atoms with Gasteiger partial charge in [-0.2, -0.15) is 0 Å². The lowest BCUT2D eigenvalue weighted by molar-refractivity contribution is 0.660. The first kappa shape index (κ1) is 35.1. The third kappa shape index (κ3) is 6.80. The number of benzene rings is 5. The van der Waals surface area contributed by atoms with Crippen LogP contribution < -0.4 is 9.80 Å². The average Bonchev–Trinajstić information content (AvgIpc) is 3.65. The zero-order chi connectivity index (χ0) is 37.9. The number of nitrogens with zero attached hydrogens (tertiary/aromatic N) is 2. The number of hydrogen-bond acceptors (Lipinski definition) is 2. The quantitative estimate of drug-likeness (QED) is 0.157. The SMILES string of the molecule is CC1(C)c2ccccc2-c2ccc(N(C3=CC=C(C4=CC=C(N(C5=CC=C(c6ccccc6)C=CC5)c5ccccc5)CC=C4)CC=C3)c3ccccc3)cc21. The second-order valence-electron chi connectivity index (χ2n) is 15.3. The number of fused-ring (bicyclic) bond motifs is 3. The van der Waals surface area contributed by atoms with E-state index in [0.29, 0.717) is 0 Å². The monoisotopic (exact) mass is 722 g/mol. The van der Waals surface area contributed by atoms with Crippen LogP contribution in [0.5, 0.6) is 0 Å². The lowest BCUT2D eigenvalue weighted by atomic mass is 9.82. The fraction of sp³-hybridized carbons (Fsp3) is 0.111. The smallest absolute Gasteiger partial charge is 0.0465 e. The van der Waals surface area contributed by atoms with Crippen LogP contribution in [0.25, 0.3) is 16.7 Å². The minimum absolute atomic E-state index is 0.0724. The van der Waals surface area contributed by atoms with Crippen LogP contribution in [0.2, 0.25) is 0 Å². The van der Waals surface area contributed by atoms with Crippen LogP contribution >= 0.6 is 0 Å². The topological polar surface area (TPSA) is 6.48 Å². The van der Waals surface area contributed by atoms with E-state index in [9.17, 15) is 0 Å². The van der Waals surface area contributed by atoms with E-state index in [1.54, 1.807) is 0 Å². The molecule has 0 radical (unpaired) electrons. The zero-order valence-electron chi connectivity index (χ0n) is 32.1. The van der Waals surface area contributed by atoms with Gasteiger partial charge >= 0.3 is 0 Å². The third-order valence-corrected chi connectivity index (χ3v) is 11.4. The molecular weight excluding hydrogens is 677 g/mol. The molecule has 272 valence electrons. The van der Waals surface area contributed by atoms with Gasteiger partial charge in [-0.25, -0.2) is 0 Å². The summed E-state index contributed by atoms with van der Waals surface area (Å²) in [5.74, 6) is 0. The molecule has 0 amide bonds. The van der Waals surface area contributed by atoms with Crippen LogP contribution in [-0.4, -0.2) is 0 Å². The summed E-state index contributed by atoms with van der Waals surface area (Å²) >= 11 is 0. The second-order valence-corrected chi connectivity index (χ2v) is 15.3. The molecule has 4 aliphatic rings. The Bertz CT molecular complexity index is 2550. The van der Waals surface area contributed by atoms with Gasteiger partial charge in [0.15, 0.2) is 0 Å². The molecule has 0 fully saturated rings. The summed E-state index contributed by atoms with van der Waals surface area (Å²) in [7, 11) is 0. The lowest BCUT2D eigenvalue weighted by Crippen LogP contribution is -2.21. The van der Waals surface area contributed by atoms with E-state index in [1.165, 1.54) is 67.3 Å². The fourth-order valence-electron chi connectivity index (χ4n) is 8.53. The van der Waals surface area contributed by atoms with Crippen molar-refractivity contribution in [3.05, 3.63) is 251 Å². The van der Waals surface area contributed by atoms with E-state index >= 15 is 0 Å². The van der Waals surface area contributed by atoms with Gasteiger partial charge in [0.1, 0.15) is 0 Å². The van der Waals surface area contributed by atoms with Crippen molar-refractivity contribution < 1.29 is 0 Å². The molecule has 56 heavy (non-hydrogen) atoms. The first-order valence-corrected chi connectivity index (χ1v) is 19.8. The molecule has 0 atom stereocenters. The minimum atomic E-state index is -0.0724. The Morgan fingerprint density at radius 1 is 0.429 bits per heavy atom. The van der Waals surface area contributed by atoms with Crippen LogP contribution in [0.15, 0.2) is 235 Å². The Labute approximate surface area is 332 Å². The van der Waals surface area contributed by atoms with E-state index < -0.39 is 0 Å². The Kier molecular flexibility index (Phi) is 9.55. The van der Waals surface area contributed by atoms with Gasteiger partial charge in [-0.3, -0.25) is 0 Å². The van der Waals surface area contributed by atoms with E-state index in [-0.39, 0.29) is 5.41 Å². The number of para-hydroxylation sites is 2. The van der Waals surface area contributed by atoms with Crippen LogP contribution in [-0.2, 0) is 5.41 Å². The molecule has 0 spiro atoms. The van der Waals surface area contributed by atoms with E-state index in [0.717, 1.165) is 30.6 Å². The number of anilines is 3. The highest BCUT2D eigenvalue weighted by atomic mass is 15.2. The number of hydrogen-bond donors (Lipinski definition) is 0. The van der Waals surface area contributed by atoms with Gasteiger partial charge in [0.2, 0.25) is 0 Å². The van der Waals surface area contributed by atoms with Crippen molar-refractivity contribution in [3.8, 4) is 11.1 Å². The molecule has 0 bridgehead atoms. The zero-order valence-corrected chi connectivity index (χ0v) is 32.1. The standard InChI is InChI=1S/C54H46N2/c1-54(2)52-30-13-12-29-50(52)51-38-37-49(39-53(51)54)56(45-24-10-5-11-25-45)48-28-16-21-43(33-36-48)42-20-15-27-47(35-32-42)55(44-22-8-4-9-23-44)46-26-14-19-41(31-34-46)40-17-6-3-7-18-40/h3-20,22-25,28-39H,21,26-27H2,1-2H3. The summed E-state index contributed by atoms with van der Waals surface area (Å²) in [6, 6.07) is 48.0. The molecule has 0 N–H and O–H groups in total. The van der Waals surface area contributed by atoms with Crippen molar-refractivity contribution >= 4 is 22.6 Å². The molecule has 0 unspecified atom stereocenters. The van der Waals surface area contributed by atoms with Gasteiger partial charge in [0.05, 0.1) is 0 Å². The van der Waals surface area contributed by atoms with Crippen LogP contribution in [0, 0.1) is 0 Å². The molecule has 0 saturated carbocycles. The van der Waals surface area contributed by atoms with E-state index in [4.69, 9.17) is 0 Å². The minimum Gasteiger partial charge on any atom is -0.317 e. The Hall–Kier alpha value is -6.64. The van der Waals surface area contributed by atoms with Crippen molar-refractivity contribution in [1.29, 1.82) is 0 Å². The van der Waals surface area contributed by atoms with Crippen molar-refractivity contribution in [1.82, 2.24) is 0 Å². The molecule has 2 heteroatoms. The summed E-state index contributed by atoms with van der Waals surface area (Å²) in [5, 5.41) is 0. The highest BCUT2D eigenvalue weighted by Crippen LogP contribution is 2.50. The van der Waals surface area contributed by atoms with Crippen LogP contribution in [0.4, 0.5) is 17.1 Å². The van der Waals surface area contributed by atoms with Crippen molar-refractivity contribution in [2.75, 3.05) is 9.80 Å². The van der Waals surface area contributed by atoms with Crippen LogP contribution in [0.3, 0.4) is 0 Å². The normalized spacial score (nSPS) is 16.8. The predicted molar refractivity (Wildman–Crippen MR) is 238 cm³/mol. The van der Waals surface area contributed by atoms with Gasteiger partial charge in [0, 0.05) is 52.4 Å². The molecule has 5 aromatic rings. The van der Waals surface area contributed by atoms with Crippen molar-refractivity contribution in [2.45, 2.75) is 38.5 Å². The summed E-state index contributed by atoms with van der Waals surface area (Å²) in [6.07, 6.45) is 30.1. The van der Waals surface area contributed by atoms with Gasteiger partial charge in [-0.05, 0) is 112 Å². The predicted octanol–water partition coefficient (Wildman–Crippen LogP) is 14.1. The maximum absolute atomic E-state index is 2.44. The fourth-order valence-corrected chi connectivity index (χ4v) is 8.53. The molecule has 0 saturated heterocycles. The average molecular weight is 723 g/mol. The molecule has 0 aliphatic heterocycles. The number of rotatable bonds is 8. The first-order valence-electron chi connectivity index (χ1n) is 19.8. The highest BCUT2D eigenvalue weighted by Gasteiger charge is 2.35. The third-order valence-electron chi connectivity index (χ3n) is 11.4. The molecule has 5 aromatic carbocycles. The Morgan fingerprint density at radius 2 is 1.00 bits per heavy atom. The Morgan fingerprint density at radius 3 is 1.71 bits per heavy atom. The lowest BCUT2D eigenvalue weighted by Gasteiger charge is -2.29. The van der Waals surface area contributed by atoms with Crippen molar-refractivity contribution in [2.24, 2.45) is 0 Å². The molecule has 4 aliphatic carbocycles. The maximum Gasteiger partial charge on any atom is 0.0465 e.